The van der Waals surface area contributed by atoms with Gasteiger partial charge in [-0.25, -0.2) is 17.5 Å². The molecule has 2 rings (SSSR count). The molecule has 1 atom stereocenters. The summed E-state index contributed by atoms with van der Waals surface area (Å²) >= 11 is 0. The van der Waals surface area contributed by atoms with Crippen LogP contribution in [0.4, 0.5) is 10.1 Å². The van der Waals surface area contributed by atoms with Gasteiger partial charge in [-0.2, -0.15) is 0 Å². The van der Waals surface area contributed by atoms with Gasteiger partial charge < -0.3 is 5.32 Å². The molecule has 0 aromatic heterocycles. The maximum absolute atomic E-state index is 13.6. The highest BCUT2D eigenvalue weighted by atomic mass is 32.2. The van der Waals surface area contributed by atoms with Crippen molar-refractivity contribution in [3.63, 3.8) is 0 Å². The molecule has 140 valence electrons. The lowest BCUT2D eigenvalue weighted by atomic mass is 10.0. The van der Waals surface area contributed by atoms with E-state index in [4.69, 9.17) is 0 Å². The fourth-order valence-corrected chi connectivity index (χ4v) is 3.08. The second-order valence-corrected chi connectivity index (χ2v) is 8.72. The summed E-state index contributed by atoms with van der Waals surface area (Å²) in [5.41, 5.74) is 1.45. The summed E-state index contributed by atoms with van der Waals surface area (Å²) in [5.74, 6) is -1.12. The summed E-state index contributed by atoms with van der Waals surface area (Å²) in [6.45, 7) is 5.46. The Labute approximate surface area is 153 Å². The lowest BCUT2D eigenvalue weighted by Crippen LogP contribution is -2.33. The van der Waals surface area contributed by atoms with Crippen LogP contribution < -0.4 is 10.0 Å². The fraction of sp³-hybridized carbons (Fsp3) is 0.316. The molecule has 5 nitrogen and oxygen atoms in total. The van der Waals surface area contributed by atoms with Gasteiger partial charge in [-0.1, -0.05) is 31.2 Å². The highest BCUT2D eigenvalue weighted by molar-refractivity contribution is 7.90. The van der Waals surface area contributed by atoms with Crippen LogP contribution in [0, 0.1) is 5.82 Å². The molecule has 2 aromatic carbocycles. The van der Waals surface area contributed by atoms with E-state index in [-0.39, 0.29) is 11.5 Å². The van der Waals surface area contributed by atoms with Crippen molar-refractivity contribution in [2.75, 3.05) is 11.9 Å². The number of nitrogens with one attached hydrogen (secondary N) is 2. The molecule has 7 heteroatoms. The standard InChI is InChI=1S/C19H23FN2O3S/c1-13(2)26(24,25)21-12-14(3)15-8-10-16(11-9-15)22-19(23)17-6-4-5-7-18(17)20/h4-11,13-14,21H,12H2,1-3H3,(H,22,23). The Morgan fingerprint density at radius 2 is 1.65 bits per heavy atom. The van der Waals surface area contributed by atoms with Crippen molar-refractivity contribution >= 4 is 21.6 Å². The van der Waals surface area contributed by atoms with Crippen LogP contribution in [0.3, 0.4) is 0 Å². The van der Waals surface area contributed by atoms with E-state index < -0.39 is 27.0 Å². The molecule has 0 spiro atoms. The van der Waals surface area contributed by atoms with Crippen molar-refractivity contribution in [2.45, 2.75) is 31.9 Å². The van der Waals surface area contributed by atoms with Gasteiger partial charge in [0.2, 0.25) is 10.0 Å². The third kappa shape index (κ3) is 5.12. The second-order valence-electron chi connectivity index (χ2n) is 6.40. The number of carbonyl (C=O) groups excluding carboxylic acids is 1. The number of hydrogen-bond acceptors (Lipinski definition) is 3. The van der Waals surface area contributed by atoms with Crippen LogP contribution in [0.1, 0.15) is 42.6 Å². The number of sulfonamides is 1. The van der Waals surface area contributed by atoms with Gasteiger partial charge in [0.1, 0.15) is 5.82 Å². The lowest BCUT2D eigenvalue weighted by Gasteiger charge is -2.15. The van der Waals surface area contributed by atoms with E-state index >= 15 is 0 Å². The SMILES string of the molecule is CC(CNS(=O)(=O)C(C)C)c1ccc(NC(=O)c2ccccc2F)cc1. The van der Waals surface area contributed by atoms with Crippen molar-refractivity contribution in [2.24, 2.45) is 0 Å². The summed E-state index contributed by atoms with van der Waals surface area (Å²) in [7, 11) is -3.30. The molecule has 1 unspecified atom stereocenters. The van der Waals surface area contributed by atoms with Crippen molar-refractivity contribution in [1.82, 2.24) is 4.72 Å². The molecule has 1 amide bonds. The third-order valence-electron chi connectivity index (χ3n) is 4.07. The smallest absolute Gasteiger partial charge is 0.258 e. The Hall–Kier alpha value is -2.25. The summed E-state index contributed by atoms with van der Waals surface area (Å²) in [5, 5.41) is 2.17. The Kier molecular flexibility index (Phi) is 6.50. The minimum Gasteiger partial charge on any atom is -0.322 e. The molecule has 26 heavy (non-hydrogen) atoms. The van der Waals surface area contributed by atoms with E-state index in [1.54, 1.807) is 32.0 Å². The molecular weight excluding hydrogens is 355 g/mol. The van der Waals surface area contributed by atoms with E-state index in [1.165, 1.54) is 18.2 Å². The first-order chi connectivity index (χ1) is 12.2. The van der Waals surface area contributed by atoms with Gasteiger partial charge in [-0.05, 0) is 49.6 Å². The van der Waals surface area contributed by atoms with Crippen molar-refractivity contribution < 1.29 is 17.6 Å². The monoisotopic (exact) mass is 378 g/mol. The van der Waals surface area contributed by atoms with Crippen LogP contribution in [0.15, 0.2) is 48.5 Å². The second kappa shape index (κ2) is 8.42. The average molecular weight is 378 g/mol. The number of amides is 1. The van der Waals surface area contributed by atoms with Gasteiger partial charge in [0.05, 0.1) is 10.8 Å². The zero-order valence-corrected chi connectivity index (χ0v) is 15.8. The van der Waals surface area contributed by atoms with Gasteiger partial charge in [0, 0.05) is 12.2 Å². The molecule has 0 aliphatic carbocycles. The van der Waals surface area contributed by atoms with Gasteiger partial charge in [0.25, 0.3) is 5.91 Å². The largest absolute Gasteiger partial charge is 0.322 e. The fourth-order valence-electron chi connectivity index (χ4n) is 2.26. The Bertz CT molecular complexity index is 865. The van der Waals surface area contributed by atoms with E-state index in [1.807, 2.05) is 19.1 Å². The zero-order valence-electron chi connectivity index (χ0n) is 15.0. The number of hydrogen-bond donors (Lipinski definition) is 2. The van der Waals surface area contributed by atoms with E-state index in [2.05, 4.69) is 10.0 Å². The topological polar surface area (TPSA) is 75.3 Å². The van der Waals surface area contributed by atoms with E-state index in [0.29, 0.717) is 12.2 Å². The average Bonchev–Trinajstić information content (AvgIpc) is 2.60. The molecule has 0 saturated heterocycles. The van der Waals surface area contributed by atoms with Crippen LogP contribution in [0.2, 0.25) is 0 Å². The Morgan fingerprint density at radius 1 is 1.04 bits per heavy atom. The van der Waals surface area contributed by atoms with E-state index in [9.17, 15) is 17.6 Å². The molecule has 0 bridgehead atoms. The molecule has 2 aromatic rings. The summed E-state index contributed by atoms with van der Waals surface area (Å²) in [4.78, 5) is 12.1. The lowest BCUT2D eigenvalue weighted by molar-refractivity contribution is 0.102. The predicted octanol–water partition coefficient (Wildman–Crippen LogP) is 3.51. The highest BCUT2D eigenvalue weighted by Crippen LogP contribution is 2.19. The first kappa shape index (κ1) is 20.1. The van der Waals surface area contributed by atoms with Crippen molar-refractivity contribution in [1.29, 1.82) is 0 Å². The van der Waals surface area contributed by atoms with Gasteiger partial charge in [-0.3, -0.25) is 4.79 Å². The molecule has 0 radical (unpaired) electrons. The maximum Gasteiger partial charge on any atom is 0.258 e. The first-order valence-corrected chi connectivity index (χ1v) is 9.89. The van der Waals surface area contributed by atoms with Crippen LogP contribution in [0.5, 0.6) is 0 Å². The minimum atomic E-state index is -3.30. The van der Waals surface area contributed by atoms with Crippen molar-refractivity contribution in [3.05, 3.63) is 65.5 Å². The molecule has 0 aliphatic heterocycles. The normalized spacial score (nSPS) is 12.8. The molecule has 0 aliphatic rings. The summed E-state index contributed by atoms with van der Waals surface area (Å²) < 4.78 is 39.9. The molecule has 2 N–H and O–H groups in total. The number of halogens is 1. The van der Waals surface area contributed by atoms with Gasteiger partial charge in [-0.15, -0.1) is 0 Å². The van der Waals surface area contributed by atoms with Crippen LogP contribution in [0.25, 0.3) is 0 Å². The maximum atomic E-state index is 13.6. The van der Waals surface area contributed by atoms with Crippen LogP contribution >= 0.6 is 0 Å². The predicted molar refractivity (Wildman–Crippen MR) is 101 cm³/mol. The third-order valence-corrected chi connectivity index (χ3v) is 5.88. The quantitative estimate of drug-likeness (QED) is 0.774. The summed E-state index contributed by atoms with van der Waals surface area (Å²) in [6, 6.07) is 12.8. The molecule has 0 heterocycles. The molecule has 0 saturated carbocycles. The molecular formula is C19H23FN2O3S. The van der Waals surface area contributed by atoms with Crippen LogP contribution in [-0.4, -0.2) is 26.1 Å². The number of rotatable bonds is 7. The molecule has 0 fully saturated rings. The van der Waals surface area contributed by atoms with E-state index in [0.717, 1.165) is 5.56 Å². The first-order valence-electron chi connectivity index (χ1n) is 8.35. The van der Waals surface area contributed by atoms with Gasteiger partial charge in [0.15, 0.2) is 0 Å². The number of benzene rings is 2. The zero-order chi connectivity index (χ0) is 19.3. The van der Waals surface area contributed by atoms with Gasteiger partial charge >= 0.3 is 0 Å². The summed E-state index contributed by atoms with van der Waals surface area (Å²) in [6.07, 6.45) is 0. The Morgan fingerprint density at radius 3 is 2.23 bits per heavy atom. The minimum absolute atomic E-state index is 0.0203. The number of carbonyl (C=O) groups is 1. The Balaban J connectivity index is 1.99. The van der Waals surface area contributed by atoms with Crippen molar-refractivity contribution in [3.8, 4) is 0 Å². The van der Waals surface area contributed by atoms with Crippen LogP contribution in [-0.2, 0) is 10.0 Å². The highest BCUT2D eigenvalue weighted by Gasteiger charge is 2.17. The number of anilines is 1.